The SMILES string of the molecule is CN(Cc1ccco1)C(=O)Cc1ccc(N(Cc2ccccc2)C(=O)COc2ccccc2)cc1. The van der Waals surface area contributed by atoms with Crippen molar-refractivity contribution in [1.29, 1.82) is 0 Å². The largest absolute Gasteiger partial charge is 0.484 e. The summed E-state index contributed by atoms with van der Waals surface area (Å²) >= 11 is 0. The zero-order valence-corrected chi connectivity index (χ0v) is 19.7. The van der Waals surface area contributed by atoms with Crippen LogP contribution in [0.5, 0.6) is 5.75 Å². The predicted molar refractivity (Wildman–Crippen MR) is 135 cm³/mol. The van der Waals surface area contributed by atoms with Gasteiger partial charge < -0.3 is 19.0 Å². The molecule has 0 saturated carbocycles. The van der Waals surface area contributed by atoms with Gasteiger partial charge in [0, 0.05) is 12.7 Å². The Bertz CT molecular complexity index is 1210. The van der Waals surface area contributed by atoms with Gasteiger partial charge in [-0.3, -0.25) is 9.59 Å². The minimum atomic E-state index is -0.153. The molecule has 6 heteroatoms. The lowest BCUT2D eigenvalue weighted by atomic mass is 10.1. The maximum Gasteiger partial charge on any atom is 0.265 e. The third kappa shape index (κ3) is 6.84. The third-order valence-corrected chi connectivity index (χ3v) is 5.59. The number of nitrogens with zero attached hydrogens (tertiary/aromatic N) is 2. The fraction of sp³-hybridized carbons (Fsp3) is 0.172. The number of benzene rings is 3. The molecule has 35 heavy (non-hydrogen) atoms. The lowest BCUT2D eigenvalue weighted by Crippen LogP contribution is -2.34. The van der Waals surface area contributed by atoms with E-state index in [1.165, 1.54) is 0 Å². The van der Waals surface area contributed by atoms with E-state index in [0.717, 1.165) is 22.6 Å². The highest BCUT2D eigenvalue weighted by Crippen LogP contribution is 2.20. The molecular weight excluding hydrogens is 440 g/mol. The molecule has 178 valence electrons. The summed E-state index contributed by atoms with van der Waals surface area (Å²) in [6, 6.07) is 30.3. The van der Waals surface area contributed by atoms with Gasteiger partial charge in [0.25, 0.3) is 5.91 Å². The molecule has 0 aliphatic rings. The molecule has 0 fully saturated rings. The van der Waals surface area contributed by atoms with Crippen LogP contribution in [-0.4, -0.2) is 30.4 Å². The van der Waals surface area contributed by atoms with Crippen molar-refractivity contribution >= 4 is 17.5 Å². The monoisotopic (exact) mass is 468 g/mol. The molecule has 0 spiro atoms. The van der Waals surface area contributed by atoms with Gasteiger partial charge in [-0.05, 0) is 47.5 Å². The van der Waals surface area contributed by atoms with E-state index in [2.05, 4.69) is 0 Å². The Morgan fingerprint density at radius 3 is 2.09 bits per heavy atom. The number of anilines is 1. The molecule has 0 bridgehead atoms. The first-order valence-electron chi connectivity index (χ1n) is 11.5. The van der Waals surface area contributed by atoms with Crippen LogP contribution in [-0.2, 0) is 29.1 Å². The van der Waals surface area contributed by atoms with Crippen molar-refractivity contribution < 1.29 is 18.7 Å². The van der Waals surface area contributed by atoms with Gasteiger partial charge in [-0.1, -0.05) is 60.7 Å². The maximum absolute atomic E-state index is 13.2. The highest BCUT2D eigenvalue weighted by molar-refractivity contribution is 5.94. The highest BCUT2D eigenvalue weighted by atomic mass is 16.5. The van der Waals surface area contributed by atoms with E-state index in [1.807, 2.05) is 91.0 Å². The van der Waals surface area contributed by atoms with Gasteiger partial charge in [-0.15, -0.1) is 0 Å². The Labute approximate surface area is 205 Å². The van der Waals surface area contributed by atoms with Crippen molar-refractivity contribution in [3.8, 4) is 5.75 Å². The van der Waals surface area contributed by atoms with E-state index >= 15 is 0 Å². The fourth-order valence-electron chi connectivity index (χ4n) is 3.66. The van der Waals surface area contributed by atoms with E-state index in [-0.39, 0.29) is 24.8 Å². The second kappa shape index (κ2) is 11.7. The fourth-order valence-corrected chi connectivity index (χ4v) is 3.66. The summed E-state index contributed by atoms with van der Waals surface area (Å²) < 4.78 is 11.0. The van der Waals surface area contributed by atoms with Gasteiger partial charge in [0.1, 0.15) is 11.5 Å². The van der Waals surface area contributed by atoms with Crippen molar-refractivity contribution in [2.24, 2.45) is 0 Å². The summed E-state index contributed by atoms with van der Waals surface area (Å²) in [5.41, 5.74) is 2.63. The number of ether oxygens (including phenoxy) is 1. The smallest absolute Gasteiger partial charge is 0.265 e. The summed E-state index contributed by atoms with van der Waals surface area (Å²) in [5.74, 6) is 1.22. The van der Waals surface area contributed by atoms with Gasteiger partial charge in [0.15, 0.2) is 6.61 Å². The zero-order chi connectivity index (χ0) is 24.5. The predicted octanol–water partition coefficient (Wildman–Crippen LogP) is 5.09. The van der Waals surface area contributed by atoms with Crippen molar-refractivity contribution in [2.45, 2.75) is 19.5 Å². The molecule has 4 rings (SSSR count). The minimum Gasteiger partial charge on any atom is -0.484 e. The first-order chi connectivity index (χ1) is 17.1. The molecule has 0 unspecified atom stereocenters. The summed E-state index contributed by atoms with van der Waals surface area (Å²) in [5, 5.41) is 0. The molecule has 1 heterocycles. The summed E-state index contributed by atoms with van der Waals surface area (Å²) in [6.45, 7) is 0.765. The summed E-state index contributed by atoms with van der Waals surface area (Å²) in [7, 11) is 1.76. The normalized spacial score (nSPS) is 10.5. The topological polar surface area (TPSA) is 63.0 Å². The molecule has 0 atom stereocenters. The van der Waals surface area contributed by atoms with E-state index in [9.17, 15) is 9.59 Å². The van der Waals surface area contributed by atoms with Crippen molar-refractivity contribution in [1.82, 2.24) is 4.90 Å². The van der Waals surface area contributed by atoms with E-state index in [4.69, 9.17) is 9.15 Å². The maximum atomic E-state index is 13.2. The number of para-hydroxylation sites is 1. The Morgan fingerprint density at radius 2 is 1.43 bits per heavy atom. The van der Waals surface area contributed by atoms with Crippen LogP contribution in [0.3, 0.4) is 0 Å². The third-order valence-electron chi connectivity index (χ3n) is 5.59. The van der Waals surface area contributed by atoms with Crippen LogP contribution in [0.1, 0.15) is 16.9 Å². The molecule has 0 saturated heterocycles. The zero-order valence-electron chi connectivity index (χ0n) is 19.7. The van der Waals surface area contributed by atoms with Crippen LogP contribution in [0.4, 0.5) is 5.69 Å². The Kier molecular flexibility index (Phi) is 7.96. The van der Waals surface area contributed by atoms with Gasteiger partial charge in [0.05, 0.1) is 25.8 Å². The molecule has 0 aliphatic carbocycles. The number of hydrogen-bond acceptors (Lipinski definition) is 4. The molecule has 6 nitrogen and oxygen atoms in total. The van der Waals surface area contributed by atoms with E-state index in [1.54, 1.807) is 29.2 Å². The Morgan fingerprint density at radius 1 is 0.743 bits per heavy atom. The second-order valence-corrected chi connectivity index (χ2v) is 8.24. The van der Waals surface area contributed by atoms with Crippen LogP contribution in [0.15, 0.2) is 108 Å². The van der Waals surface area contributed by atoms with Crippen LogP contribution in [0, 0.1) is 0 Å². The molecule has 3 aromatic carbocycles. The number of furan rings is 1. The molecule has 4 aromatic rings. The highest BCUT2D eigenvalue weighted by Gasteiger charge is 2.18. The van der Waals surface area contributed by atoms with Crippen molar-refractivity contribution in [3.05, 3.63) is 120 Å². The number of rotatable bonds is 10. The number of likely N-dealkylation sites (N-methyl/N-ethyl adjacent to an activating group) is 1. The molecule has 2 amide bonds. The lowest BCUT2D eigenvalue weighted by Gasteiger charge is -2.23. The van der Waals surface area contributed by atoms with Crippen molar-refractivity contribution in [3.63, 3.8) is 0 Å². The number of amides is 2. The molecule has 1 aromatic heterocycles. The first-order valence-corrected chi connectivity index (χ1v) is 11.5. The Hall–Kier alpha value is -4.32. The van der Waals surface area contributed by atoms with Crippen LogP contribution < -0.4 is 9.64 Å². The van der Waals surface area contributed by atoms with Gasteiger partial charge in [0.2, 0.25) is 5.91 Å². The van der Waals surface area contributed by atoms with Crippen LogP contribution >= 0.6 is 0 Å². The summed E-state index contributed by atoms with van der Waals surface area (Å²) in [4.78, 5) is 29.1. The second-order valence-electron chi connectivity index (χ2n) is 8.24. The van der Waals surface area contributed by atoms with Gasteiger partial charge >= 0.3 is 0 Å². The first kappa shape index (κ1) is 23.8. The Balaban J connectivity index is 1.44. The lowest BCUT2D eigenvalue weighted by molar-refractivity contribution is -0.130. The number of hydrogen-bond donors (Lipinski definition) is 0. The minimum absolute atomic E-state index is 0.0115. The van der Waals surface area contributed by atoms with Crippen LogP contribution in [0.2, 0.25) is 0 Å². The van der Waals surface area contributed by atoms with Gasteiger partial charge in [-0.2, -0.15) is 0 Å². The van der Waals surface area contributed by atoms with E-state index < -0.39 is 0 Å². The van der Waals surface area contributed by atoms with E-state index in [0.29, 0.717) is 18.8 Å². The quantitative estimate of drug-likeness (QED) is 0.325. The average Bonchev–Trinajstić information content (AvgIpc) is 3.41. The standard InChI is InChI=1S/C29H28N2O4/c1-30(21-27-13-8-18-34-27)28(32)19-23-14-16-25(17-15-23)31(20-24-9-4-2-5-10-24)29(33)22-35-26-11-6-3-7-12-26/h2-18H,19-22H2,1H3. The molecule has 0 aliphatic heterocycles. The number of carbonyl (C=O) groups is 2. The van der Waals surface area contributed by atoms with Crippen molar-refractivity contribution in [2.75, 3.05) is 18.6 Å². The summed E-state index contributed by atoms with van der Waals surface area (Å²) in [6.07, 6.45) is 1.86. The average molecular weight is 469 g/mol. The molecular formula is C29H28N2O4. The van der Waals surface area contributed by atoms with Crippen LogP contribution in [0.25, 0.3) is 0 Å². The molecule has 0 N–H and O–H groups in total. The van der Waals surface area contributed by atoms with Gasteiger partial charge in [-0.25, -0.2) is 0 Å². The number of carbonyl (C=O) groups excluding carboxylic acids is 2. The molecule has 0 radical (unpaired) electrons.